The third-order valence-corrected chi connectivity index (χ3v) is 3.19. The van der Waals surface area contributed by atoms with Crippen LogP contribution in [0.5, 0.6) is 0 Å². The van der Waals surface area contributed by atoms with Crippen LogP contribution >= 0.6 is 0 Å². The predicted octanol–water partition coefficient (Wildman–Crippen LogP) is 4.12. The number of hydrogen-bond acceptors (Lipinski definition) is 1. The summed E-state index contributed by atoms with van der Waals surface area (Å²) < 4.78 is 13.0. The Labute approximate surface area is 110 Å². The van der Waals surface area contributed by atoms with Gasteiger partial charge in [0.1, 0.15) is 5.82 Å². The van der Waals surface area contributed by atoms with Crippen LogP contribution in [0.3, 0.4) is 0 Å². The van der Waals surface area contributed by atoms with Crippen molar-refractivity contribution in [1.29, 1.82) is 0 Å². The topological polar surface area (TPSA) is 12.0 Å². The number of halogens is 1. The molecule has 0 saturated heterocycles. The van der Waals surface area contributed by atoms with Gasteiger partial charge in [0.15, 0.2) is 0 Å². The van der Waals surface area contributed by atoms with E-state index >= 15 is 0 Å². The van der Waals surface area contributed by atoms with Crippen molar-refractivity contribution in [3.63, 3.8) is 0 Å². The molecule has 0 spiro atoms. The second-order valence-electron chi connectivity index (χ2n) is 5.40. The van der Waals surface area contributed by atoms with Gasteiger partial charge in [-0.3, -0.25) is 0 Å². The largest absolute Gasteiger partial charge is 0.314 e. The van der Waals surface area contributed by atoms with E-state index < -0.39 is 0 Å². The highest BCUT2D eigenvalue weighted by molar-refractivity contribution is 5.29. The van der Waals surface area contributed by atoms with E-state index in [-0.39, 0.29) is 11.7 Å². The molecule has 1 aromatic rings. The Morgan fingerprint density at radius 1 is 1.17 bits per heavy atom. The van der Waals surface area contributed by atoms with Gasteiger partial charge in [-0.25, -0.2) is 4.39 Å². The van der Waals surface area contributed by atoms with E-state index in [4.69, 9.17) is 0 Å². The molecule has 0 aliphatic heterocycles. The second-order valence-corrected chi connectivity index (χ2v) is 5.40. The molecule has 0 amide bonds. The minimum Gasteiger partial charge on any atom is -0.314 e. The Kier molecular flexibility index (Phi) is 5.54. The van der Waals surface area contributed by atoms with E-state index in [0.29, 0.717) is 12.0 Å². The van der Waals surface area contributed by atoms with Crippen molar-refractivity contribution < 1.29 is 4.39 Å². The van der Waals surface area contributed by atoms with Gasteiger partial charge < -0.3 is 5.32 Å². The SMILES string of the molecule is C=C(C(C)C)C(CNC(C)C)c1ccc(F)cc1. The summed E-state index contributed by atoms with van der Waals surface area (Å²) in [5.41, 5.74) is 2.32. The summed E-state index contributed by atoms with van der Waals surface area (Å²) in [6.07, 6.45) is 0. The molecule has 1 rings (SSSR count). The molecular formula is C16H24FN. The zero-order chi connectivity index (χ0) is 13.7. The Hall–Kier alpha value is -1.15. The van der Waals surface area contributed by atoms with Gasteiger partial charge >= 0.3 is 0 Å². The second kappa shape index (κ2) is 6.69. The van der Waals surface area contributed by atoms with Gasteiger partial charge in [-0.15, -0.1) is 0 Å². The molecule has 1 atom stereocenters. The molecule has 0 aliphatic rings. The Bertz CT molecular complexity index is 379. The van der Waals surface area contributed by atoms with Crippen molar-refractivity contribution in [1.82, 2.24) is 5.32 Å². The zero-order valence-electron chi connectivity index (χ0n) is 11.8. The van der Waals surface area contributed by atoms with Crippen molar-refractivity contribution in [3.8, 4) is 0 Å². The molecule has 0 fully saturated rings. The fraction of sp³-hybridized carbons (Fsp3) is 0.500. The average Bonchev–Trinajstić information content (AvgIpc) is 2.30. The van der Waals surface area contributed by atoms with Crippen LogP contribution in [-0.4, -0.2) is 12.6 Å². The van der Waals surface area contributed by atoms with Crippen molar-refractivity contribution >= 4 is 0 Å². The number of hydrogen-bond donors (Lipinski definition) is 1. The maximum absolute atomic E-state index is 13.0. The lowest BCUT2D eigenvalue weighted by molar-refractivity contribution is 0.534. The average molecular weight is 249 g/mol. The number of rotatable bonds is 6. The summed E-state index contributed by atoms with van der Waals surface area (Å²) in [5.74, 6) is 0.478. The maximum Gasteiger partial charge on any atom is 0.123 e. The monoisotopic (exact) mass is 249 g/mol. The molecular weight excluding hydrogens is 225 g/mol. The van der Waals surface area contributed by atoms with Crippen molar-refractivity contribution in [2.45, 2.75) is 39.7 Å². The molecule has 1 nitrogen and oxygen atoms in total. The first-order valence-electron chi connectivity index (χ1n) is 6.59. The fourth-order valence-electron chi connectivity index (χ4n) is 1.91. The molecule has 0 saturated carbocycles. The molecule has 0 aromatic heterocycles. The summed E-state index contributed by atoms with van der Waals surface area (Å²) in [6.45, 7) is 13.6. The standard InChI is InChI=1S/C16H24FN/c1-11(2)13(5)16(10-18-12(3)4)14-6-8-15(17)9-7-14/h6-9,11-12,16,18H,5,10H2,1-4H3. The lowest BCUT2D eigenvalue weighted by atomic mass is 9.85. The maximum atomic E-state index is 13.0. The fourth-order valence-corrected chi connectivity index (χ4v) is 1.91. The van der Waals surface area contributed by atoms with Crippen LogP contribution in [0.25, 0.3) is 0 Å². The van der Waals surface area contributed by atoms with Crippen LogP contribution in [0.2, 0.25) is 0 Å². The van der Waals surface area contributed by atoms with Gasteiger partial charge in [0.05, 0.1) is 0 Å². The molecule has 0 aliphatic carbocycles. The third-order valence-electron chi connectivity index (χ3n) is 3.19. The van der Waals surface area contributed by atoms with Crippen LogP contribution in [0.1, 0.15) is 39.2 Å². The van der Waals surface area contributed by atoms with Crippen molar-refractivity contribution in [2.75, 3.05) is 6.54 Å². The third kappa shape index (κ3) is 4.26. The summed E-state index contributed by atoms with van der Waals surface area (Å²) >= 11 is 0. The van der Waals surface area contributed by atoms with E-state index in [1.165, 1.54) is 17.7 Å². The Morgan fingerprint density at radius 3 is 2.17 bits per heavy atom. The van der Waals surface area contributed by atoms with E-state index in [1.807, 2.05) is 12.1 Å². The molecule has 0 bridgehead atoms. The zero-order valence-corrected chi connectivity index (χ0v) is 11.8. The summed E-state index contributed by atoms with van der Waals surface area (Å²) in [6, 6.07) is 7.19. The highest BCUT2D eigenvalue weighted by Crippen LogP contribution is 2.28. The Morgan fingerprint density at radius 2 is 1.72 bits per heavy atom. The summed E-state index contributed by atoms with van der Waals surface area (Å²) in [4.78, 5) is 0. The van der Waals surface area contributed by atoms with Crippen LogP contribution in [0.4, 0.5) is 4.39 Å². The van der Waals surface area contributed by atoms with Crippen molar-refractivity contribution in [2.24, 2.45) is 5.92 Å². The summed E-state index contributed by atoms with van der Waals surface area (Å²) in [7, 11) is 0. The molecule has 18 heavy (non-hydrogen) atoms. The minimum atomic E-state index is -0.190. The molecule has 0 heterocycles. The molecule has 1 unspecified atom stereocenters. The lowest BCUT2D eigenvalue weighted by Gasteiger charge is -2.24. The first-order chi connectivity index (χ1) is 8.41. The van der Waals surface area contributed by atoms with Crippen LogP contribution < -0.4 is 5.32 Å². The molecule has 0 radical (unpaired) electrons. The van der Waals surface area contributed by atoms with Gasteiger partial charge in [-0.1, -0.05) is 52.0 Å². The smallest absolute Gasteiger partial charge is 0.123 e. The van der Waals surface area contributed by atoms with Gasteiger partial charge in [-0.05, 0) is 23.6 Å². The Balaban J connectivity index is 2.89. The lowest BCUT2D eigenvalue weighted by Crippen LogP contribution is -2.29. The normalized spacial score (nSPS) is 13.1. The number of benzene rings is 1. The minimum absolute atomic E-state index is 0.190. The van der Waals surface area contributed by atoms with E-state index in [9.17, 15) is 4.39 Å². The highest BCUT2D eigenvalue weighted by atomic mass is 19.1. The van der Waals surface area contributed by atoms with E-state index in [2.05, 4.69) is 39.6 Å². The first-order valence-corrected chi connectivity index (χ1v) is 6.59. The highest BCUT2D eigenvalue weighted by Gasteiger charge is 2.17. The van der Waals surface area contributed by atoms with Crippen LogP contribution in [0, 0.1) is 11.7 Å². The van der Waals surface area contributed by atoms with Gasteiger partial charge in [-0.2, -0.15) is 0 Å². The van der Waals surface area contributed by atoms with Gasteiger partial charge in [0, 0.05) is 18.5 Å². The molecule has 1 aromatic carbocycles. The molecule has 1 N–H and O–H groups in total. The van der Waals surface area contributed by atoms with E-state index in [0.717, 1.165) is 12.1 Å². The van der Waals surface area contributed by atoms with Crippen LogP contribution in [-0.2, 0) is 0 Å². The predicted molar refractivity (Wildman–Crippen MR) is 76.3 cm³/mol. The van der Waals surface area contributed by atoms with Gasteiger partial charge in [0.2, 0.25) is 0 Å². The van der Waals surface area contributed by atoms with Gasteiger partial charge in [0.25, 0.3) is 0 Å². The van der Waals surface area contributed by atoms with Crippen LogP contribution in [0.15, 0.2) is 36.4 Å². The molecule has 100 valence electrons. The summed E-state index contributed by atoms with van der Waals surface area (Å²) in [5, 5.41) is 3.44. The van der Waals surface area contributed by atoms with E-state index in [1.54, 1.807) is 0 Å². The quantitative estimate of drug-likeness (QED) is 0.748. The van der Waals surface area contributed by atoms with Crippen molar-refractivity contribution in [3.05, 3.63) is 47.8 Å². The first kappa shape index (κ1) is 14.9. The molecule has 2 heteroatoms. The number of nitrogens with one attached hydrogen (secondary N) is 1.